The van der Waals surface area contributed by atoms with Crippen LogP contribution in [0.3, 0.4) is 0 Å². The predicted molar refractivity (Wildman–Crippen MR) is 90.5 cm³/mol. The van der Waals surface area contributed by atoms with Crippen LogP contribution in [0.5, 0.6) is 0 Å². The van der Waals surface area contributed by atoms with Crippen molar-refractivity contribution >= 4 is 35.3 Å². The molecule has 0 aliphatic carbocycles. The van der Waals surface area contributed by atoms with Gasteiger partial charge in [-0.25, -0.2) is 0 Å². The Morgan fingerprint density at radius 3 is 2.57 bits per heavy atom. The maximum atomic E-state index is 11.9. The number of hydrogen-bond acceptors (Lipinski definition) is 5. The van der Waals surface area contributed by atoms with E-state index in [0.29, 0.717) is 10.9 Å². The van der Waals surface area contributed by atoms with E-state index >= 15 is 0 Å². The molecule has 5 nitrogen and oxygen atoms in total. The van der Waals surface area contributed by atoms with Crippen LogP contribution >= 0.6 is 23.4 Å². The van der Waals surface area contributed by atoms with Gasteiger partial charge in [0.1, 0.15) is 0 Å². The van der Waals surface area contributed by atoms with Crippen molar-refractivity contribution in [3.8, 4) is 11.5 Å². The second-order valence-corrected chi connectivity index (χ2v) is 6.05. The first-order chi connectivity index (χ1) is 11.2. The number of hydrogen-bond donors (Lipinski definition) is 1. The van der Waals surface area contributed by atoms with Crippen LogP contribution < -0.4 is 5.32 Å². The van der Waals surface area contributed by atoms with E-state index in [1.54, 1.807) is 12.1 Å². The zero-order valence-electron chi connectivity index (χ0n) is 11.9. The Morgan fingerprint density at radius 1 is 1.09 bits per heavy atom. The fourth-order valence-electron chi connectivity index (χ4n) is 1.81. The van der Waals surface area contributed by atoms with Crippen LogP contribution in [-0.2, 0) is 4.79 Å². The van der Waals surface area contributed by atoms with E-state index in [-0.39, 0.29) is 17.7 Å². The maximum absolute atomic E-state index is 11.9. The highest BCUT2D eigenvalue weighted by Gasteiger charge is 2.11. The number of aromatic nitrogens is 2. The van der Waals surface area contributed by atoms with E-state index in [4.69, 9.17) is 16.0 Å². The number of anilines is 1. The smallest absolute Gasteiger partial charge is 0.322 e. The molecule has 23 heavy (non-hydrogen) atoms. The molecule has 0 radical (unpaired) electrons. The Hall–Kier alpha value is -2.31. The van der Waals surface area contributed by atoms with E-state index in [2.05, 4.69) is 15.5 Å². The molecule has 1 aromatic heterocycles. The van der Waals surface area contributed by atoms with E-state index < -0.39 is 0 Å². The van der Waals surface area contributed by atoms with Gasteiger partial charge in [0.25, 0.3) is 0 Å². The van der Waals surface area contributed by atoms with Crippen molar-refractivity contribution in [1.82, 2.24) is 10.2 Å². The number of carbonyl (C=O) groups is 1. The van der Waals surface area contributed by atoms with E-state index in [0.717, 1.165) is 10.5 Å². The van der Waals surface area contributed by atoms with Crippen LogP contribution in [0.4, 0.5) is 6.01 Å². The average molecular weight is 346 g/mol. The maximum Gasteiger partial charge on any atom is 0.322 e. The zero-order chi connectivity index (χ0) is 16.1. The van der Waals surface area contributed by atoms with Gasteiger partial charge in [0.05, 0.1) is 5.75 Å². The summed E-state index contributed by atoms with van der Waals surface area (Å²) in [7, 11) is 0. The molecular weight excluding hydrogens is 334 g/mol. The predicted octanol–water partition coefficient (Wildman–Crippen LogP) is 4.12. The first kappa shape index (κ1) is 15.6. The molecule has 0 bridgehead atoms. The second kappa shape index (κ2) is 7.30. The summed E-state index contributed by atoms with van der Waals surface area (Å²) in [6.45, 7) is 0. The summed E-state index contributed by atoms with van der Waals surface area (Å²) < 4.78 is 5.43. The second-order valence-electron chi connectivity index (χ2n) is 4.57. The molecule has 1 heterocycles. The molecule has 0 aliphatic rings. The first-order valence-electron chi connectivity index (χ1n) is 6.78. The molecule has 3 aromatic rings. The third kappa shape index (κ3) is 4.34. The van der Waals surface area contributed by atoms with Crippen molar-refractivity contribution < 1.29 is 9.21 Å². The zero-order valence-corrected chi connectivity index (χ0v) is 13.5. The largest absolute Gasteiger partial charge is 0.403 e. The molecular formula is C16H12ClN3O2S. The number of thioether (sulfide) groups is 1. The lowest BCUT2D eigenvalue weighted by molar-refractivity contribution is -0.113. The number of nitrogens with one attached hydrogen (secondary N) is 1. The molecule has 116 valence electrons. The molecule has 0 spiro atoms. The Balaban J connectivity index is 1.56. The molecule has 2 aromatic carbocycles. The van der Waals surface area contributed by atoms with Gasteiger partial charge >= 0.3 is 6.01 Å². The van der Waals surface area contributed by atoms with Gasteiger partial charge in [-0.05, 0) is 36.4 Å². The van der Waals surface area contributed by atoms with Crippen molar-refractivity contribution in [2.24, 2.45) is 0 Å². The molecule has 0 fully saturated rings. The van der Waals surface area contributed by atoms with Crippen molar-refractivity contribution in [3.63, 3.8) is 0 Å². The summed E-state index contributed by atoms with van der Waals surface area (Å²) in [5.74, 6) is 0.393. The summed E-state index contributed by atoms with van der Waals surface area (Å²) in [4.78, 5) is 12.9. The number of rotatable bonds is 5. The molecule has 0 unspecified atom stereocenters. The molecule has 0 aliphatic heterocycles. The quantitative estimate of drug-likeness (QED) is 0.704. The first-order valence-corrected chi connectivity index (χ1v) is 8.14. The van der Waals surface area contributed by atoms with Gasteiger partial charge in [-0.15, -0.1) is 16.9 Å². The van der Waals surface area contributed by atoms with Crippen molar-refractivity contribution in [2.75, 3.05) is 11.1 Å². The van der Waals surface area contributed by atoms with Gasteiger partial charge in [0, 0.05) is 15.5 Å². The summed E-state index contributed by atoms with van der Waals surface area (Å²) >= 11 is 7.22. The molecule has 3 rings (SSSR count). The Labute approximate surface area is 142 Å². The van der Waals surface area contributed by atoms with Gasteiger partial charge in [-0.3, -0.25) is 10.1 Å². The van der Waals surface area contributed by atoms with E-state index in [9.17, 15) is 4.79 Å². The number of carbonyl (C=O) groups excluding carboxylic acids is 1. The van der Waals surface area contributed by atoms with E-state index in [1.165, 1.54) is 11.8 Å². The van der Waals surface area contributed by atoms with Crippen LogP contribution in [0, 0.1) is 0 Å². The summed E-state index contributed by atoms with van der Waals surface area (Å²) in [5, 5.41) is 11.0. The summed E-state index contributed by atoms with van der Waals surface area (Å²) in [5.41, 5.74) is 0.802. The SMILES string of the molecule is O=C(CSc1ccc(Cl)cc1)Nc1nnc(-c2ccccc2)o1. The highest BCUT2D eigenvalue weighted by Crippen LogP contribution is 2.21. The highest BCUT2D eigenvalue weighted by atomic mass is 35.5. The Morgan fingerprint density at radius 2 is 1.83 bits per heavy atom. The topological polar surface area (TPSA) is 68.0 Å². The molecule has 0 saturated heterocycles. The fraction of sp³-hybridized carbons (Fsp3) is 0.0625. The monoisotopic (exact) mass is 345 g/mol. The summed E-state index contributed by atoms with van der Waals surface area (Å²) in [6, 6.07) is 16.7. The van der Waals surface area contributed by atoms with Crippen molar-refractivity contribution in [1.29, 1.82) is 0 Å². The third-order valence-corrected chi connectivity index (χ3v) is 4.14. The van der Waals surface area contributed by atoms with Crippen LogP contribution in [0.15, 0.2) is 63.9 Å². The lowest BCUT2D eigenvalue weighted by atomic mass is 10.2. The normalized spacial score (nSPS) is 10.5. The Bertz CT molecular complexity index is 791. The molecule has 0 saturated carbocycles. The summed E-state index contributed by atoms with van der Waals surface area (Å²) in [6.07, 6.45) is 0. The molecule has 7 heteroatoms. The lowest BCUT2D eigenvalue weighted by Crippen LogP contribution is -2.14. The minimum atomic E-state index is -0.215. The molecule has 0 atom stereocenters. The lowest BCUT2D eigenvalue weighted by Gasteiger charge is -2.01. The number of benzene rings is 2. The minimum absolute atomic E-state index is 0.0885. The van der Waals surface area contributed by atoms with Crippen LogP contribution in [0.2, 0.25) is 5.02 Å². The number of halogens is 1. The van der Waals surface area contributed by atoms with Crippen LogP contribution in [0.25, 0.3) is 11.5 Å². The van der Waals surface area contributed by atoms with Gasteiger partial charge in [-0.1, -0.05) is 34.9 Å². The van der Waals surface area contributed by atoms with Gasteiger partial charge in [-0.2, -0.15) is 0 Å². The van der Waals surface area contributed by atoms with Gasteiger partial charge < -0.3 is 4.42 Å². The standard InChI is InChI=1S/C16H12ClN3O2S/c17-12-6-8-13(9-7-12)23-10-14(21)18-16-20-19-15(22-16)11-4-2-1-3-5-11/h1-9H,10H2,(H,18,20,21). The van der Waals surface area contributed by atoms with Crippen LogP contribution in [-0.4, -0.2) is 21.9 Å². The average Bonchev–Trinajstić information content (AvgIpc) is 3.04. The fourth-order valence-corrected chi connectivity index (χ4v) is 2.63. The van der Waals surface area contributed by atoms with Gasteiger partial charge in [0.15, 0.2) is 0 Å². The van der Waals surface area contributed by atoms with Crippen molar-refractivity contribution in [2.45, 2.75) is 4.90 Å². The highest BCUT2D eigenvalue weighted by molar-refractivity contribution is 8.00. The van der Waals surface area contributed by atoms with Gasteiger partial charge in [0.2, 0.25) is 11.8 Å². The number of amides is 1. The molecule has 1 amide bonds. The van der Waals surface area contributed by atoms with Crippen molar-refractivity contribution in [3.05, 3.63) is 59.6 Å². The van der Waals surface area contributed by atoms with E-state index in [1.807, 2.05) is 42.5 Å². The third-order valence-electron chi connectivity index (χ3n) is 2.88. The minimum Gasteiger partial charge on any atom is -0.403 e. The molecule has 1 N–H and O–H groups in total. The van der Waals surface area contributed by atoms with Crippen LogP contribution in [0.1, 0.15) is 0 Å². The number of nitrogens with zero attached hydrogens (tertiary/aromatic N) is 2. The Kier molecular flexibility index (Phi) is 4.95.